The lowest BCUT2D eigenvalue weighted by molar-refractivity contribution is 0.879. The molecule has 3 N–H and O–H groups in total. The van der Waals surface area contributed by atoms with E-state index in [0.29, 0.717) is 24.1 Å². The van der Waals surface area contributed by atoms with Gasteiger partial charge < -0.3 is 11.1 Å². The molecule has 0 unspecified atom stereocenters. The van der Waals surface area contributed by atoms with Gasteiger partial charge in [0.15, 0.2) is 5.96 Å². The second kappa shape index (κ2) is 4.67. The van der Waals surface area contributed by atoms with Crippen molar-refractivity contribution in [1.82, 2.24) is 5.32 Å². The van der Waals surface area contributed by atoms with Crippen LogP contribution in [0.5, 0.6) is 0 Å². The standard InChI is InChI=1S/C12H14N4/c13-7-9-2-1-3-10(6-9)8-15-12(14)16-11-4-5-11/h1-3,6,11H,4-5,8H2,(H3,14,15,16). The van der Waals surface area contributed by atoms with Gasteiger partial charge in [-0.3, -0.25) is 0 Å². The summed E-state index contributed by atoms with van der Waals surface area (Å²) < 4.78 is 0. The average molecular weight is 214 g/mol. The summed E-state index contributed by atoms with van der Waals surface area (Å²) in [4.78, 5) is 4.22. The van der Waals surface area contributed by atoms with Crippen LogP contribution in [0.1, 0.15) is 24.0 Å². The fourth-order valence-corrected chi connectivity index (χ4v) is 1.40. The molecule has 82 valence electrons. The van der Waals surface area contributed by atoms with E-state index in [2.05, 4.69) is 16.4 Å². The molecule has 0 spiro atoms. The quantitative estimate of drug-likeness (QED) is 0.585. The first kappa shape index (κ1) is 10.5. The minimum atomic E-state index is 0.491. The van der Waals surface area contributed by atoms with Crippen LogP contribution in [0.25, 0.3) is 0 Å². The second-order valence-corrected chi connectivity index (χ2v) is 3.93. The van der Waals surface area contributed by atoms with Gasteiger partial charge in [0.1, 0.15) is 0 Å². The first-order valence-electron chi connectivity index (χ1n) is 5.33. The topological polar surface area (TPSA) is 74.2 Å². The van der Waals surface area contributed by atoms with Gasteiger partial charge in [-0.2, -0.15) is 5.26 Å². The maximum atomic E-state index is 8.74. The Morgan fingerprint density at radius 3 is 3.06 bits per heavy atom. The van der Waals surface area contributed by atoms with Crippen LogP contribution < -0.4 is 11.1 Å². The van der Waals surface area contributed by atoms with Crippen molar-refractivity contribution in [3.8, 4) is 6.07 Å². The van der Waals surface area contributed by atoms with Crippen molar-refractivity contribution in [3.05, 3.63) is 35.4 Å². The first-order valence-corrected chi connectivity index (χ1v) is 5.33. The summed E-state index contributed by atoms with van der Waals surface area (Å²) in [5.74, 6) is 0.491. The molecule has 0 heterocycles. The molecule has 0 aliphatic heterocycles. The normalized spacial score (nSPS) is 15.6. The first-order chi connectivity index (χ1) is 7.78. The molecule has 4 heteroatoms. The lowest BCUT2D eigenvalue weighted by atomic mass is 10.1. The Kier molecular flexibility index (Phi) is 3.06. The molecular weight excluding hydrogens is 200 g/mol. The van der Waals surface area contributed by atoms with Gasteiger partial charge in [-0.25, -0.2) is 4.99 Å². The number of hydrogen-bond donors (Lipinski definition) is 2. The number of rotatable bonds is 3. The Hall–Kier alpha value is -2.02. The van der Waals surface area contributed by atoms with Crippen molar-refractivity contribution in [2.24, 2.45) is 10.7 Å². The van der Waals surface area contributed by atoms with Crippen molar-refractivity contribution in [1.29, 1.82) is 5.26 Å². The molecule has 1 aliphatic rings. The Morgan fingerprint density at radius 2 is 2.38 bits per heavy atom. The molecular formula is C12H14N4. The maximum Gasteiger partial charge on any atom is 0.189 e. The van der Waals surface area contributed by atoms with Crippen LogP contribution in [0.3, 0.4) is 0 Å². The van der Waals surface area contributed by atoms with E-state index >= 15 is 0 Å². The molecule has 0 bridgehead atoms. The zero-order valence-corrected chi connectivity index (χ0v) is 8.98. The van der Waals surface area contributed by atoms with Crippen LogP contribution in [-0.2, 0) is 6.54 Å². The van der Waals surface area contributed by atoms with Crippen LogP contribution in [-0.4, -0.2) is 12.0 Å². The molecule has 1 aliphatic carbocycles. The number of nitrogens with two attached hydrogens (primary N) is 1. The number of nitrogens with one attached hydrogen (secondary N) is 1. The highest BCUT2D eigenvalue weighted by Crippen LogP contribution is 2.18. The van der Waals surface area contributed by atoms with Crippen LogP contribution in [0.4, 0.5) is 0 Å². The monoisotopic (exact) mass is 214 g/mol. The summed E-state index contributed by atoms with van der Waals surface area (Å²) in [6, 6.07) is 10.0. The van der Waals surface area contributed by atoms with Crippen molar-refractivity contribution >= 4 is 5.96 Å². The predicted octanol–water partition coefficient (Wildman–Crippen LogP) is 1.12. The molecule has 2 rings (SSSR count). The summed E-state index contributed by atoms with van der Waals surface area (Å²) in [6.07, 6.45) is 2.36. The third-order valence-corrected chi connectivity index (χ3v) is 2.42. The highest BCUT2D eigenvalue weighted by atomic mass is 15.1. The van der Waals surface area contributed by atoms with Crippen molar-refractivity contribution < 1.29 is 0 Å². The smallest absolute Gasteiger partial charge is 0.189 e. The summed E-state index contributed by atoms with van der Waals surface area (Å²) in [7, 11) is 0. The van der Waals surface area contributed by atoms with E-state index in [-0.39, 0.29) is 0 Å². The third kappa shape index (κ3) is 2.99. The average Bonchev–Trinajstić information content (AvgIpc) is 3.10. The van der Waals surface area contributed by atoms with E-state index in [0.717, 1.165) is 5.56 Å². The van der Waals surface area contributed by atoms with Crippen LogP contribution in [0, 0.1) is 11.3 Å². The van der Waals surface area contributed by atoms with E-state index in [1.54, 1.807) is 6.07 Å². The molecule has 4 nitrogen and oxygen atoms in total. The minimum absolute atomic E-state index is 0.491. The second-order valence-electron chi connectivity index (χ2n) is 3.93. The number of nitriles is 1. The Labute approximate surface area is 94.8 Å². The fourth-order valence-electron chi connectivity index (χ4n) is 1.40. The molecule has 1 aromatic carbocycles. The van der Waals surface area contributed by atoms with Crippen LogP contribution in [0.2, 0.25) is 0 Å². The molecule has 0 saturated heterocycles. The molecule has 0 aromatic heterocycles. The van der Waals surface area contributed by atoms with Crippen molar-refractivity contribution in [2.75, 3.05) is 0 Å². The predicted molar refractivity (Wildman–Crippen MR) is 62.6 cm³/mol. The van der Waals surface area contributed by atoms with Crippen molar-refractivity contribution in [3.63, 3.8) is 0 Å². The van der Waals surface area contributed by atoms with Gasteiger partial charge in [0, 0.05) is 6.04 Å². The van der Waals surface area contributed by atoms with Gasteiger partial charge in [0.2, 0.25) is 0 Å². The molecule has 0 atom stereocenters. The van der Waals surface area contributed by atoms with E-state index < -0.39 is 0 Å². The summed E-state index contributed by atoms with van der Waals surface area (Å²) in [6.45, 7) is 0.515. The SMILES string of the molecule is N#Cc1cccc(CN=C(N)NC2CC2)c1. The maximum absolute atomic E-state index is 8.74. The highest BCUT2D eigenvalue weighted by Gasteiger charge is 2.21. The van der Waals surface area contributed by atoms with Gasteiger partial charge in [0.05, 0.1) is 18.2 Å². The lowest BCUT2D eigenvalue weighted by Crippen LogP contribution is -2.33. The molecule has 16 heavy (non-hydrogen) atoms. The van der Waals surface area contributed by atoms with E-state index in [1.807, 2.05) is 18.2 Å². The van der Waals surface area contributed by atoms with E-state index in [9.17, 15) is 0 Å². The summed E-state index contributed by atoms with van der Waals surface area (Å²) >= 11 is 0. The molecule has 1 fully saturated rings. The molecule has 0 radical (unpaired) electrons. The Morgan fingerprint density at radius 1 is 1.56 bits per heavy atom. The van der Waals surface area contributed by atoms with Gasteiger partial charge >= 0.3 is 0 Å². The number of hydrogen-bond acceptors (Lipinski definition) is 2. The number of benzene rings is 1. The number of guanidine groups is 1. The van der Waals surface area contributed by atoms with Crippen molar-refractivity contribution in [2.45, 2.75) is 25.4 Å². The van der Waals surface area contributed by atoms with Crippen LogP contribution >= 0.6 is 0 Å². The van der Waals surface area contributed by atoms with Gasteiger partial charge in [0.25, 0.3) is 0 Å². The van der Waals surface area contributed by atoms with E-state index in [1.165, 1.54) is 12.8 Å². The Balaban J connectivity index is 1.94. The molecule has 1 aromatic rings. The van der Waals surface area contributed by atoms with Gasteiger partial charge in [-0.15, -0.1) is 0 Å². The number of nitrogens with zero attached hydrogens (tertiary/aromatic N) is 2. The largest absolute Gasteiger partial charge is 0.370 e. The summed E-state index contributed by atoms with van der Waals surface area (Å²) in [5.41, 5.74) is 7.36. The number of aliphatic imine (C=N–C) groups is 1. The van der Waals surface area contributed by atoms with Gasteiger partial charge in [-0.1, -0.05) is 12.1 Å². The lowest BCUT2D eigenvalue weighted by Gasteiger charge is -2.03. The summed E-state index contributed by atoms with van der Waals surface area (Å²) in [5, 5.41) is 11.9. The minimum Gasteiger partial charge on any atom is -0.370 e. The molecule has 0 amide bonds. The zero-order valence-electron chi connectivity index (χ0n) is 8.98. The van der Waals surface area contributed by atoms with Crippen LogP contribution in [0.15, 0.2) is 29.3 Å². The van der Waals surface area contributed by atoms with E-state index in [4.69, 9.17) is 11.0 Å². The zero-order chi connectivity index (χ0) is 11.4. The molecule has 1 saturated carbocycles. The highest BCUT2D eigenvalue weighted by molar-refractivity contribution is 5.78. The van der Waals surface area contributed by atoms with Gasteiger partial charge in [-0.05, 0) is 30.5 Å². The fraction of sp³-hybridized carbons (Fsp3) is 0.333. The third-order valence-electron chi connectivity index (χ3n) is 2.42. The Bertz CT molecular complexity index is 441.